The average Bonchev–Trinajstić information content (AvgIpc) is 2.83. The molecule has 3 heteroatoms. The molecule has 20 heavy (non-hydrogen) atoms. The SMILES string of the molecule is Cc1ccc2c(ccn2Cc2cccc(C#N)c2F)c1. The number of nitriles is 1. The third-order valence-corrected chi connectivity index (χ3v) is 3.47. The number of fused-ring (bicyclic) bond motifs is 1. The van der Waals surface area contributed by atoms with Crippen molar-refractivity contribution >= 4 is 10.9 Å². The number of rotatable bonds is 2. The standard InChI is InChI=1S/C17H13FN2/c1-12-5-6-16-13(9-12)7-8-20(16)11-15-4-2-3-14(10-19)17(15)18/h2-9H,11H2,1H3. The lowest BCUT2D eigenvalue weighted by Crippen LogP contribution is -2.02. The highest BCUT2D eigenvalue weighted by Gasteiger charge is 2.09. The molecule has 0 aliphatic carbocycles. The molecule has 98 valence electrons. The summed E-state index contributed by atoms with van der Waals surface area (Å²) < 4.78 is 16.1. The number of hydrogen-bond donors (Lipinski definition) is 0. The van der Waals surface area contributed by atoms with E-state index in [1.165, 1.54) is 11.6 Å². The Bertz CT molecular complexity index is 825. The van der Waals surface area contributed by atoms with Crippen LogP contribution in [0, 0.1) is 24.1 Å². The van der Waals surface area contributed by atoms with Gasteiger partial charge in [-0.15, -0.1) is 0 Å². The molecular weight excluding hydrogens is 251 g/mol. The summed E-state index contributed by atoms with van der Waals surface area (Å²) in [6.07, 6.45) is 1.95. The fourth-order valence-corrected chi connectivity index (χ4v) is 2.43. The van der Waals surface area contributed by atoms with E-state index in [0.717, 1.165) is 10.9 Å². The summed E-state index contributed by atoms with van der Waals surface area (Å²) in [5, 5.41) is 10.0. The number of aromatic nitrogens is 1. The van der Waals surface area contributed by atoms with E-state index in [1.54, 1.807) is 12.1 Å². The van der Waals surface area contributed by atoms with Crippen molar-refractivity contribution in [1.29, 1.82) is 5.26 Å². The van der Waals surface area contributed by atoms with E-state index in [0.29, 0.717) is 12.1 Å². The van der Waals surface area contributed by atoms with Gasteiger partial charge in [-0.1, -0.05) is 23.8 Å². The molecule has 1 aromatic heterocycles. The second kappa shape index (κ2) is 4.82. The van der Waals surface area contributed by atoms with Crippen LogP contribution in [0.5, 0.6) is 0 Å². The van der Waals surface area contributed by atoms with Crippen molar-refractivity contribution in [2.75, 3.05) is 0 Å². The minimum absolute atomic E-state index is 0.0924. The van der Waals surface area contributed by atoms with Crippen LogP contribution in [-0.4, -0.2) is 4.57 Å². The lowest BCUT2D eigenvalue weighted by atomic mass is 10.1. The summed E-state index contributed by atoms with van der Waals surface area (Å²) in [6.45, 7) is 2.47. The van der Waals surface area contributed by atoms with Crippen LogP contribution in [0.3, 0.4) is 0 Å². The van der Waals surface area contributed by atoms with E-state index in [2.05, 4.69) is 6.07 Å². The molecular formula is C17H13FN2. The van der Waals surface area contributed by atoms with Crippen molar-refractivity contribution in [2.45, 2.75) is 13.5 Å². The number of benzene rings is 2. The zero-order chi connectivity index (χ0) is 14.1. The Kier molecular flexibility index (Phi) is 3.00. The van der Waals surface area contributed by atoms with Crippen molar-refractivity contribution < 1.29 is 4.39 Å². The molecule has 0 aliphatic rings. The summed E-state index contributed by atoms with van der Waals surface area (Å²) in [6, 6.07) is 15.0. The lowest BCUT2D eigenvalue weighted by molar-refractivity contribution is 0.598. The van der Waals surface area contributed by atoms with E-state index < -0.39 is 5.82 Å². The molecule has 0 amide bonds. The monoisotopic (exact) mass is 264 g/mol. The first kappa shape index (κ1) is 12.4. The fraction of sp³-hybridized carbons (Fsp3) is 0.118. The van der Waals surface area contributed by atoms with Gasteiger partial charge in [-0.2, -0.15) is 5.26 Å². The quantitative estimate of drug-likeness (QED) is 0.687. The molecule has 0 atom stereocenters. The van der Waals surface area contributed by atoms with Crippen molar-refractivity contribution in [3.8, 4) is 6.07 Å². The van der Waals surface area contributed by atoms with Gasteiger partial charge in [0, 0.05) is 17.3 Å². The molecule has 3 aromatic rings. The lowest BCUT2D eigenvalue weighted by Gasteiger charge is -2.08. The number of nitrogens with zero attached hydrogens (tertiary/aromatic N) is 2. The molecule has 0 N–H and O–H groups in total. The van der Waals surface area contributed by atoms with Crippen LogP contribution < -0.4 is 0 Å². The average molecular weight is 264 g/mol. The number of aryl methyl sites for hydroxylation is 1. The maximum absolute atomic E-state index is 14.1. The van der Waals surface area contributed by atoms with Crippen LogP contribution in [0.15, 0.2) is 48.7 Å². The maximum atomic E-state index is 14.1. The molecule has 2 nitrogen and oxygen atoms in total. The van der Waals surface area contributed by atoms with E-state index in [4.69, 9.17) is 5.26 Å². The highest BCUT2D eigenvalue weighted by molar-refractivity contribution is 5.80. The van der Waals surface area contributed by atoms with Gasteiger partial charge in [-0.25, -0.2) is 4.39 Å². The number of hydrogen-bond acceptors (Lipinski definition) is 1. The Labute approximate surface area is 116 Å². The van der Waals surface area contributed by atoms with E-state index in [-0.39, 0.29) is 5.56 Å². The Hall–Kier alpha value is -2.60. The Morgan fingerprint density at radius 3 is 2.85 bits per heavy atom. The van der Waals surface area contributed by atoms with Gasteiger partial charge in [0.1, 0.15) is 11.9 Å². The normalized spacial score (nSPS) is 10.7. The maximum Gasteiger partial charge on any atom is 0.145 e. The highest BCUT2D eigenvalue weighted by atomic mass is 19.1. The summed E-state index contributed by atoms with van der Waals surface area (Å²) in [4.78, 5) is 0. The predicted octanol–water partition coefficient (Wildman–Crippen LogP) is 4.01. The van der Waals surface area contributed by atoms with Gasteiger partial charge in [-0.3, -0.25) is 0 Å². The molecule has 3 rings (SSSR count). The van der Waals surface area contributed by atoms with Crippen molar-refractivity contribution in [3.05, 3.63) is 71.2 Å². The van der Waals surface area contributed by atoms with Gasteiger partial charge in [0.15, 0.2) is 0 Å². The van der Waals surface area contributed by atoms with E-state index >= 15 is 0 Å². The summed E-state index contributed by atoms with van der Waals surface area (Å²) >= 11 is 0. The van der Waals surface area contributed by atoms with Crippen molar-refractivity contribution in [3.63, 3.8) is 0 Å². The third-order valence-electron chi connectivity index (χ3n) is 3.47. The van der Waals surface area contributed by atoms with Crippen LogP contribution in [0.4, 0.5) is 4.39 Å². The molecule has 0 unspecified atom stereocenters. The minimum Gasteiger partial charge on any atom is -0.343 e. The van der Waals surface area contributed by atoms with Gasteiger partial charge in [0.05, 0.1) is 12.1 Å². The molecule has 0 saturated heterocycles. The van der Waals surface area contributed by atoms with Gasteiger partial charge in [0.25, 0.3) is 0 Å². The van der Waals surface area contributed by atoms with Gasteiger partial charge < -0.3 is 4.57 Å². The number of halogens is 1. The minimum atomic E-state index is -0.427. The molecule has 2 aromatic carbocycles. The highest BCUT2D eigenvalue weighted by Crippen LogP contribution is 2.20. The van der Waals surface area contributed by atoms with Gasteiger partial charge in [-0.05, 0) is 36.6 Å². The smallest absolute Gasteiger partial charge is 0.145 e. The molecule has 0 spiro atoms. The van der Waals surface area contributed by atoms with Crippen molar-refractivity contribution in [1.82, 2.24) is 4.57 Å². The van der Waals surface area contributed by atoms with Gasteiger partial charge in [0.2, 0.25) is 0 Å². The molecule has 1 heterocycles. The molecule has 0 aliphatic heterocycles. The second-order valence-corrected chi connectivity index (χ2v) is 4.90. The van der Waals surface area contributed by atoms with E-state index in [1.807, 2.05) is 42.0 Å². The zero-order valence-corrected chi connectivity index (χ0v) is 11.1. The first-order chi connectivity index (χ1) is 9.69. The fourth-order valence-electron chi connectivity index (χ4n) is 2.43. The molecule has 0 saturated carbocycles. The summed E-state index contributed by atoms with van der Waals surface area (Å²) in [7, 11) is 0. The van der Waals surface area contributed by atoms with Gasteiger partial charge >= 0.3 is 0 Å². The first-order valence-electron chi connectivity index (χ1n) is 6.42. The molecule has 0 bridgehead atoms. The van der Waals surface area contributed by atoms with Crippen LogP contribution in [0.25, 0.3) is 10.9 Å². The Morgan fingerprint density at radius 1 is 1.20 bits per heavy atom. The second-order valence-electron chi connectivity index (χ2n) is 4.90. The van der Waals surface area contributed by atoms with Crippen LogP contribution in [-0.2, 0) is 6.54 Å². The van der Waals surface area contributed by atoms with Crippen LogP contribution in [0.2, 0.25) is 0 Å². The third kappa shape index (κ3) is 2.06. The summed E-state index contributed by atoms with van der Waals surface area (Å²) in [5.41, 5.74) is 2.89. The van der Waals surface area contributed by atoms with E-state index in [9.17, 15) is 4.39 Å². The summed E-state index contributed by atoms with van der Waals surface area (Å²) in [5.74, 6) is -0.427. The Morgan fingerprint density at radius 2 is 2.05 bits per heavy atom. The molecule has 0 fully saturated rings. The zero-order valence-electron chi connectivity index (χ0n) is 11.1. The molecule has 0 radical (unpaired) electrons. The van der Waals surface area contributed by atoms with Crippen LogP contribution >= 0.6 is 0 Å². The Balaban J connectivity index is 2.04. The van der Waals surface area contributed by atoms with Crippen molar-refractivity contribution in [2.24, 2.45) is 0 Å². The largest absolute Gasteiger partial charge is 0.343 e. The topological polar surface area (TPSA) is 28.7 Å². The predicted molar refractivity (Wildman–Crippen MR) is 76.9 cm³/mol. The van der Waals surface area contributed by atoms with Crippen LogP contribution in [0.1, 0.15) is 16.7 Å². The first-order valence-corrected chi connectivity index (χ1v) is 6.42.